The number of carbonyl (C=O) groups is 1. The van der Waals surface area contributed by atoms with Crippen molar-refractivity contribution in [1.29, 1.82) is 0 Å². The van der Waals surface area contributed by atoms with E-state index in [9.17, 15) is 14.1 Å². The predicted octanol–water partition coefficient (Wildman–Crippen LogP) is 2.69. The number of rotatable bonds is 9. The summed E-state index contributed by atoms with van der Waals surface area (Å²) in [5.41, 5.74) is 0.861. The number of halogens is 1. The Hall–Kier alpha value is -2.05. The van der Waals surface area contributed by atoms with Crippen molar-refractivity contribution in [2.24, 2.45) is 13.0 Å². The highest BCUT2D eigenvalue weighted by atomic mass is 19.2. The Bertz CT molecular complexity index is 661. The predicted molar refractivity (Wildman–Crippen MR) is 97.5 cm³/mol. The summed E-state index contributed by atoms with van der Waals surface area (Å²) in [6.45, 7) is 6.01. The van der Waals surface area contributed by atoms with Gasteiger partial charge in [-0.3, -0.25) is 13.9 Å². The molecule has 0 bridgehead atoms. The van der Waals surface area contributed by atoms with Crippen LogP contribution in [0.4, 0.5) is 4.48 Å². The zero-order valence-corrected chi connectivity index (χ0v) is 16.3. The lowest BCUT2D eigenvalue weighted by atomic mass is 10.0. The molecule has 0 saturated carbocycles. The molecular weight excluding hydrogens is 323 g/mol. The molecule has 1 aromatic rings. The molecule has 0 aromatic carbocycles. The summed E-state index contributed by atoms with van der Waals surface area (Å²) in [7, 11) is 4.87. The van der Waals surface area contributed by atoms with E-state index in [1.54, 1.807) is 27.3 Å². The van der Waals surface area contributed by atoms with Gasteiger partial charge >= 0.3 is 5.69 Å². The van der Waals surface area contributed by atoms with E-state index in [-0.39, 0.29) is 30.6 Å². The van der Waals surface area contributed by atoms with E-state index in [0.717, 1.165) is 24.4 Å². The zero-order chi connectivity index (χ0) is 19.1. The molecule has 6 nitrogen and oxygen atoms in total. The van der Waals surface area contributed by atoms with Gasteiger partial charge in [0.25, 0.3) is 0 Å². The maximum absolute atomic E-state index is 14.8. The molecule has 0 saturated heterocycles. The molecule has 0 aliphatic carbocycles. The van der Waals surface area contributed by atoms with Crippen molar-refractivity contribution < 1.29 is 9.28 Å². The number of hydrogen-bond acceptors (Lipinski definition) is 3. The van der Waals surface area contributed by atoms with Crippen molar-refractivity contribution in [3.05, 3.63) is 34.1 Å². The molecule has 0 spiro atoms. The van der Waals surface area contributed by atoms with Crippen LogP contribution in [0.25, 0.3) is 0 Å². The largest absolute Gasteiger partial charge is 0.347 e. The minimum Gasteiger partial charge on any atom is -0.347 e. The normalized spacial score (nSPS) is 13.0. The van der Waals surface area contributed by atoms with Crippen LogP contribution >= 0.6 is 0 Å². The Balaban J connectivity index is 3.01. The second-order valence-corrected chi connectivity index (χ2v) is 6.63. The Morgan fingerprint density at radius 2 is 2.00 bits per heavy atom. The minimum absolute atomic E-state index is 0.0191. The fraction of sp³-hybridized carbons (Fsp3) is 0.667. The number of allylic oxidation sites excluding steroid dienone is 2. The molecule has 0 N–H and O–H groups in total. The molecule has 1 aromatic heterocycles. The summed E-state index contributed by atoms with van der Waals surface area (Å²) >= 11 is 0. The van der Waals surface area contributed by atoms with Crippen LogP contribution in [0.2, 0.25) is 0 Å². The summed E-state index contributed by atoms with van der Waals surface area (Å²) in [4.78, 5) is 25.5. The first kappa shape index (κ1) is 21.0. The summed E-state index contributed by atoms with van der Waals surface area (Å²) < 4.78 is 17.5. The number of carbonyl (C=O) groups excluding carboxylic acids is 1. The van der Waals surface area contributed by atoms with E-state index in [0.29, 0.717) is 11.4 Å². The van der Waals surface area contributed by atoms with Crippen LogP contribution in [0.5, 0.6) is 0 Å². The van der Waals surface area contributed by atoms with Crippen LogP contribution in [-0.2, 0) is 24.9 Å². The second-order valence-electron chi connectivity index (χ2n) is 6.63. The first-order valence-electron chi connectivity index (χ1n) is 8.81. The number of unbranched alkanes of at least 4 members (excludes halogenated alkanes) is 1. The maximum Gasteiger partial charge on any atom is 0.328 e. The van der Waals surface area contributed by atoms with Crippen LogP contribution in [-0.4, -0.2) is 39.2 Å². The van der Waals surface area contributed by atoms with Crippen LogP contribution in [0.1, 0.15) is 45.7 Å². The fourth-order valence-electron chi connectivity index (χ4n) is 2.46. The van der Waals surface area contributed by atoms with Crippen LogP contribution in [0.3, 0.4) is 0 Å². The maximum atomic E-state index is 14.8. The van der Waals surface area contributed by atoms with Crippen LogP contribution in [0, 0.1) is 5.92 Å². The van der Waals surface area contributed by atoms with Gasteiger partial charge in [0.15, 0.2) is 0 Å². The molecule has 25 heavy (non-hydrogen) atoms. The molecule has 0 aliphatic heterocycles. The van der Waals surface area contributed by atoms with Gasteiger partial charge in [-0.05, 0) is 18.8 Å². The van der Waals surface area contributed by atoms with E-state index in [1.165, 1.54) is 14.0 Å². The highest BCUT2D eigenvalue weighted by molar-refractivity contribution is 5.75. The molecule has 7 heteroatoms. The zero-order valence-electron chi connectivity index (χ0n) is 16.3. The van der Waals surface area contributed by atoms with Crippen molar-refractivity contribution in [2.45, 2.75) is 53.1 Å². The lowest BCUT2D eigenvalue weighted by Crippen LogP contribution is -2.31. The molecule has 1 atom stereocenters. The Labute approximate surface area is 149 Å². The van der Waals surface area contributed by atoms with Gasteiger partial charge in [-0.1, -0.05) is 37.7 Å². The van der Waals surface area contributed by atoms with E-state index in [4.69, 9.17) is 0 Å². The Morgan fingerprint density at radius 1 is 1.36 bits per heavy atom. The molecule has 1 amide bonds. The smallest absolute Gasteiger partial charge is 0.328 e. The number of hydrogen-bond donors (Lipinski definition) is 0. The highest BCUT2D eigenvalue weighted by Gasteiger charge is 2.19. The highest BCUT2D eigenvalue weighted by Crippen LogP contribution is 2.22. The number of amides is 1. The van der Waals surface area contributed by atoms with Gasteiger partial charge in [0.1, 0.15) is 6.54 Å². The topological polar surface area (TPSA) is 50.5 Å². The quantitative estimate of drug-likeness (QED) is 0.641. The minimum atomic E-state index is -0.318. The van der Waals surface area contributed by atoms with Crippen LogP contribution < -0.4 is 5.69 Å². The first-order chi connectivity index (χ1) is 11.7. The average Bonchev–Trinajstić information content (AvgIpc) is 2.82. The molecule has 0 radical (unpaired) electrons. The molecule has 0 fully saturated rings. The molecule has 142 valence electrons. The Kier molecular flexibility index (Phi) is 7.93. The SMILES string of the molecule is CCC/C=C(/C(C)CC)N(F)Cc1cn(CC(=O)N(C)C)c(=O)n1C. The van der Waals surface area contributed by atoms with Crippen molar-refractivity contribution in [3.8, 4) is 0 Å². The van der Waals surface area contributed by atoms with Gasteiger partial charge in [-0.2, -0.15) is 0 Å². The summed E-state index contributed by atoms with van der Waals surface area (Å²) in [5, 5.41) is 0.719. The third kappa shape index (κ3) is 5.47. The lowest BCUT2D eigenvalue weighted by Gasteiger charge is -2.22. The van der Waals surface area contributed by atoms with Gasteiger partial charge in [0, 0.05) is 33.0 Å². The van der Waals surface area contributed by atoms with Gasteiger partial charge < -0.3 is 4.90 Å². The number of imidazole rings is 1. The number of nitrogens with zero attached hydrogens (tertiary/aromatic N) is 4. The third-order valence-electron chi connectivity index (χ3n) is 4.41. The van der Waals surface area contributed by atoms with Gasteiger partial charge in [-0.25, -0.2) is 9.92 Å². The molecule has 1 heterocycles. The molecule has 0 aliphatic rings. The Morgan fingerprint density at radius 3 is 2.52 bits per heavy atom. The van der Waals surface area contributed by atoms with E-state index < -0.39 is 0 Å². The fourth-order valence-corrected chi connectivity index (χ4v) is 2.46. The standard InChI is InChI=1S/C18H31FN4O2/c1-7-9-10-16(14(3)8-2)23(19)12-15-11-22(18(25)21(15)6)13-17(24)20(4)5/h10-11,14H,7-9,12-13H2,1-6H3/b16-10-. The van der Waals surface area contributed by atoms with E-state index >= 15 is 0 Å². The van der Waals surface area contributed by atoms with Gasteiger partial charge in [0.2, 0.25) is 5.91 Å². The van der Waals surface area contributed by atoms with Crippen molar-refractivity contribution in [1.82, 2.24) is 19.2 Å². The van der Waals surface area contributed by atoms with Crippen LogP contribution in [0.15, 0.2) is 22.8 Å². The monoisotopic (exact) mass is 354 g/mol. The summed E-state index contributed by atoms with van der Waals surface area (Å²) in [6, 6.07) is 0. The van der Waals surface area contributed by atoms with Crippen molar-refractivity contribution >= 4 is 5.91 Å². The molecule has 1 unspecified atom stereocenters. The van der Waals surface area contributed by atoms with Crippen molar-refractivity contribution in [3.63, 3.8) is 0 Å². The van der Waals surface area contributed by atoms with Crippen molar-refractivity contribution in [2.75, 3.05) is 14.1 Å². The number of aromatic nitrogens is 2. The lowest BCUT2D eigenvalue weighted by molar-refractivity contribution is -0.129. The van der Waals surface area contributed by atoms with E-state index in [2.05, 4.69) is 6.92 Å². The molecule has 1 rings (SSSR count). The summed E-state index contributed by atoms with van der Waals surface area (Å²) in [5.74, 6) is -0.0783. The molecular formula is C18H31FN4O2. The summed E-state index contributed by atoms with van der Waals surface area (Å²) in [6.07, 6.45) is 6.10. The first-order valence-corrected chi connectivity index (χ1v) is 8.81. The van der Waals surface area contributed by atoms with Gasteiger partial charge in [-0.15, -0.1) is 0 Å². The number of likely N-dealkylation sites (N-methyl/N-ethyl adjacent to an activating group) is 1. The van der Waals surface area contributed by atoms with Gasteiger partial charge in [0.05, 0.1) is 12.2 Å². The third-order valence-corrected chi connectivity index (χ3v) is 4.41. The van der Waals surface area contributed by atoms with E-state index in [1.807, 2.05) is 19.9 Å². The second kappa shape index (κ2) is 9.44. The average molecular weight is 354 g/mol.